The fourth-order valence-electron chi connectivity index (χ4n) is 2.23. The zero-order valence-electron chi connectivity index (χ0n) is 11.3. The van der Waals surface area contributed by atoms with E-state index in [0.717, 1.165) is 12.5 Å². The van der Waals surface area contributed by atoms with E-state index in [4.69, 9.17) is 9.84 Å². The van der Waals surface area contributed by atoms with Gasteiger partial charge >= 0.3 is 5.97 Å². The molecule has 108 valence electrons. The van der Waals surface area contributed by atoms with Gasteiger partial charge in [-0.1, -0.05) is 0 Å². The number of nitro groups is 1. The van der Waals surface area contributed by atoms with Gasteiger partial charge in [0.15, 0.2) is 0 Å². The minimum absolute atomic E-state index is 0.104. The number of nitrogens with zero attached hydrogens (tertiary/aromatic N) is 1. The average molecular weight is 280 g/mol. The van der Waals surface area contributed by atoms with Crippen LogP contribution in [0.2, 0.25) is 0 Å². The first-order chi connectivity index (χ1) is 9.32. The summed E-state index contributed by atoms with van der Waals surface area (Å²) < 4.78 is 5.31. The number of ether oxygens (including phenoxy) is 1. The minimum atomic E-state index is -1.19. The zero-order chi connectivity index (χ0) is 14.9. The first kappa shape index (κ1) is 14.3. The highest BCUT2D eigenvalue weighted by Crippen LogP contribution is 2.32. The molecule has 2 N–H and O–H groups in total. The van der Waals surface area contributed by atoms with Gasteiger partial charge in [0.1, 0.15) is 0 Å². The van der Waals surface area contributed by atoms with Crippen molar-refractivity contribution < 1.29 is 19.6 Å². The second-order valence-electron chi connectivity index (χ2n) is 5.22. The summed E-state index contributed by atoms with van der Waals surface area (Å²) in [6, 6.07) is 2.50. The smallest absolute Gasteiger partial charge is 0.336 e. The molecule has 2 rings (SSSR count). The van der Waals surface area contributed by atoms with E-state index >= 15 is 0 Å². The molecule has 0 aliphatic carbocycles. The maximum Gasteiger partial charge on any atom is 0.336 e. The van der Waals surface area contributed by atoms with Gasteiger partial charge < -0.3 is 15.2 Å². The summed E-state index contributed by atoms with van der Waals surface area (Å²) >= 11 is 0. The maximum atomic E-state index is 11.1. The normalized spacial score (nSPS) is 21.7. The summed E-state index contributed by atoms with van der Waals surface area (Å²) in [5.41, 5.74) is 0.246. The number of rotatable bonds is 4. The predicted molar refractivity (Wildman–Crippen MR) is 72.3 cm³/mol. The number of anilines is 1. The first-order valence-electron chi connectivity index (χ1n) is 6.21. The number of aromatic carboxylic acids is 1. The number of carbonyl (C=O) groups is 1. The molecule has 0 radical (unpaired) electrons. The van der Waals surface area contributed by atoms with Gasteiger partial charge in [0.25, 0.3) is 5.69 Å². The van der Waals surface area contributed by atoms with E-state index in [0.29, 0.717) is 24.5 Å². The lowest BCUT2D eigenvalue weighted by atomic mass is 9.99. The molecule has 0 amide bonds. The number of nitrogens with one attached hydrogen (secondary N) is 1. The van der Waals surface area contributed by atoms with Gasteiger partial charge in [-0.15, -0.1) is 0 Å². The molecule has 1 aliphatic heterocycles. The Morgan fingerprint density at radius 3 is 2.75 bits per heavy atom. The molecule has 20 heavy (non-hydrogen) atoms. The van der Waals surface area contributed by atoms with Gasteiger partial charge in [0.05, 0.1) is 22.6 Å². The number of benzene rings is 1. The second-order valence-corrected chi connectivity index (χ2v) is 5.22. The highest BCUT2D eigenvalue weighted by Gasteiger charge is 2.31. The number of nitro benzene ring substituents is 1. The van der Waals surface area contributed by atoms with Gasteiger partial charge in [-0.3, -0.25) is 10.1 Å². The largest absolute Gasteiger partial charge is 0.478 e. The van der Waals surface area contributed by atoms with E-state index in [2.05, 4.69) is 5.32 Å². The highest BCUT2D eigenvalue weighted by atomic mass is 16.6. The third-order valence-corrected chi connectivity index (χ3v) is 3.48. The van der Waals surface area contributed by atoms with Crippen LogP contribution in [-0.2, 0) is 4.74 Å². The molecule has 1 aromatic carbocycles. The van der Waals surface area contributed by atoms with Gasteiger partial charge in [-0.05, 0) is 26.3 Å². The molecule has 1 aliphatic rings. The van der Waals surface area contributed by atoms with Crippen molar-refractivity contribution in [2.75, 3.05) is 18.5 Å². The standard InChI is InChI=1S/C13H16N2O5/c1-8-10(14-13(2)3-4-20-7-13)5-9(12(16)17)6-11(8)15(18)19/h5-6,14H,3-4,7H2,1-2H3,(H,16,17). The summed E-state index contributed by atoms with van der Waals surface area (Å²) in [5, 5.41) is 23.3. The summed E-state index contributed by atoms with van der Waals surface area (Å²) in [6.45, 7) is 4.64. The van der Waals surface area contributed by atoms with Gasteiger partial charge in [-0.2, -0.15) is 0 Å². The molecule has 1 atom stereocenters. The predicted octanol–water partition coefficient (Wildman–Crippen LogP) is 2.19. The van der Waals surface area contributed by atoms with Crippen LogP contribution in [0, 0.1) is 17.0 Å². The molecule has 1 aromatic rings. The van der Waals surface area contributed by atoms with Crippen LogP contribution in [0.3, 0.4) is 0 Å². The fraction of sp³-hybridized carbons (Fsp3) is 0.462. The number of hydrogen-bond donors (Lipinski definition) is 2. The van der Waals surface area contributed by atoms with E-state index in [9.17, 15) is 14.9 Å². The van der Waals surface area contributed by atoms with Crippen LogP contribution in [0.4, 0.5) is 11.4 Å². The summed E-state index contributed by atoms with van der Waals surface area (Å²) in [6.07, 6.45) is 0.761. The Labute approximate surface area is 115 Å². The van der Waals surface area contributed by atoms with Crippen molar-refractivity contribution in [2.45, 2.75) is 25.8 Å². The van der Waals surface area contributed by atoms with E-state index in [1.165, 1.54) is 6.07 Å². The van der Waals surface area contributed by atoms with Crippen LogP contribution in [0.5, 0.6) is 0 Å². The zero-order valence-corrected chi connectivity index (χ0v) is 11.3. The van der Waals surface area contributed by atoms with Crippen LogP contribution in [0.15, 0.2) is 12.1 Å². The van der Waals surface area contributed by atoms with Crippen molar-refractivity contribution in [1.82, 2.24) is 0 Å². The summed E-state index contributed by atoms with van der Waals surface area (Å²) in [7, 11) is 0. The number of hydrogen-bond acceptors (Lipinski definition) is 5. The molecule has 1 saturated heterocycles. The topological polar surface area (TPSA) is 102 Å². The molecule has 0 aromatic heterocycles. The summed E-state index contributed by atoms with van der Waals surface area (Å²) in [4.78, 5) is 21.5. The van der Waals surface area contributed by atoms with Crippen LogP contribution in [0.1, 0.15) is 29.3 Å². The molecule has 0 spiro atoms. The van der Waals surface area contributed by atoms with Crippen molar-refractivity contribution in [2.24, 2.45) is 0 Å². The second kappa shape index (κ2) is 5.09. The third-order valence-electron chi connectivity index (χ3n) is 3.48. The van der Waals surface area contributed by atoms with Crippen LogP contribution < -0.4 is 5.32 Å². The molecular formula is C13H16N2O5. The monoisotopic (exact) mass is 280 g/mol. The molecule has 0 saturated carbocycles. The molecular weight excluding hydrogens is 264 g/mol. The van der Waals surface area contributed by atoms with Crippen molar-refractivity contribution in [3.63, 3.8) is 0 Å². The van der Waals surface area contributed by atoms with Crippen LogP contribution in [-0.4, -0.2) is 34.8 Å². The van der Waals surface area contributed by atoms with Gasteiger partial charge in [0, 0.05) is 23.9 Å². The van der Waals surface area contributed by atoms with Gasteiger partial charge in [-0.25, -0.2) is 4.79 Å². The number of carboxylic acid groups (broad SMARTS) is 1. The Hall–Kier alpha value is -2.15. The van der Waals surface area contributed by atoms with E-state index < -0.39 is 10.9 Å². The SMILES string of the molecule is Cc1c(NC2(C)CCOC2)cc(C(=O)O)cc1[N+](=O)[O-]. The minimum Gasteiger partial charge on any atom is -0.478 e. The lowest BCUT2D eigenvalue weighted by molar-refractivity contribution is -0.385. The van der Waals surface area contributed by atoms with Crippen molar-refractivity contribution in [3.8, 4) is 0 Å². The molecule has 1 fully saturated rings. The molecule has 1 heterocycles. The van der Waals surface area contributed by atoms with Crippen LogP contribution in [0.25, 0.3) is 0 Å². The van der Waals surface area contributed by atoms with E-state index in [-0.39, 0.29) is 16.8 Å². The molecule has 7 nitrogen and oxygen atoms in total. The maximum absolute atomic E-state index is 11.1. The lowest BCUT2D eigenvalue weighted by Gasteiger charge is -2.26. The lowest BCUT2D eigenvalue weighted by Crippen LogP contribution is -2.35. The quantitative estimate of drug-likeness (QED) is 0.647. The van der Waals surface area contributed by atoms with E-state index in [1.807, 2.05) is 6.92 Å². The van der Waals surface area contributed by atoms with Crippen molar-refractivity contribution in [1.29, 1.82) is 0 Å². The Balaban J connectivity index is 2.45. The Morgan fingerprint density at radius 1 is 1.55 bits per heavy atom. The first-order valence-corrected chi connectivity index (χ1v) is 6.21. The average Bonchev–Trinajstić information content (AvgIpc) is 2.78. The Kier molecular flexibility index (Phi) is 3.63. The van der Waals surface area contributed by atoms with Crippen molar-refractivity contribution in [3.05, 3.63) is 33.4 Å². The van der Waals surface area contributed by atoms with Crippen LogP contribution >= 0.6 is 0 Å². The Bertz CT molecular complexity index is 564. The molecule has 7 heteroatoms. The number of carboxylic acids is 1. The third kappa shape index (κ3) is 2.72. The molecule has 1 unspecified atom stereocenters. The van der Waals surface area contributed by atoms with E-state index in [1.54, 1.807) is 6.92 Å². The fourth-order valence-corrected chi connectivity index (χ4v) is 2.23. The highest BCUT2D eigenvalue weighted by molar-refractivity contribution is 5.90. The van der Waals surface area contributed by atoms with Gasteiger partial charge in [0.2, 0.25) is 0 Å². The Morgan fingerprint density at radius 2 is 2.25 bits per heavy atom. The molecule has 0 bridgehead atoms. The van der Waals surface area contributed by atoms with Crippen molar-refractivity contribution >= 4 is 17.3 Å². The summed E-state index contributed by atoms with van der Waals surface area (Å²) in [5.74, 6) is -1.19.